The van der Waals surface area contributed by atoms with Crippen LogP contribution >= 0.6 is 0 Å². The summed E-state index contributed by atoms with van der Waals surface area (Å²) < 4.78 is 36.7. The molecule has 0 saturated carbocycles. The number of halogens is 3. The zero-order chi connectivity index (χ0) is 18.1. The second kappa shape index (κ2) is 10.0. The van der Waals surface area contributed by atoms with E-state index < -0.39 is 12.7 Å². The van der Waals surface area contributed by atoms with Crippen molar-refractivity contribution >= 4 is 0 Å². The number of nitrogens with two attached hydrogens (primary N) is 1. The van der Waals surface area contributed by atoms with Gasteiger partial charge in [0.2, 0.25) is 0 Å². The van der Waals surface area contributed by atoms with E-state index in [1.165, 1.54) is 5.56 Å². The van der Waals surface area contributed by atoms with Crippen LogP contribution in [0.5, 0.6) is 0 Å². The van der Waals surface area contributed by atoms with Gasteiger partial charge in [-0.25, -0.2) is 0 Å². The lowest BCUT2D eigenvalue weighted by Gasteiger charge is -2.41. The first-order valence-electron chi connectivity index (χ1n) is 8.52. The fourth-order valence-corrected chi connectivity index (χ4v) is 3.17. The minimum absolute atomic E-state index is 0.170. The summed E-state index contributed by atoms with van der Waals surface area (Å²) in [7, 11) is 4.08. The second-order valence-electron chi connectivity index (χ2n) is 6.43. The van der Waals surface area contributed by atoms with Crippen LogP contribution in [0.3, 0.4) is 0 Å². The van der Waals surface area contributed by atoms with Crippen LogP contribution in [0.2, 0.25) is 0 Å². The Kier molecular flexibility index (Phi) is 8.73. The number of rotatable bonds is 11. The van der Waals surface area contributed by atoms with Gasteiger partial charge in [-0.1, -0.05) is 36.8 Å². The minimum atomic E-state index is -4.15. The van der Waals surface area contributed by atoms with Crippen molar-refractivity contribution in [3.63, 3.8) is 0 Å². The van der Waals surface area contributed by atoms with Crippen LogP contribution in [-0.2, 0) is 5.54 Å². The van der Waals surface area contributed by atoms with Crippen molar-refractivity contribution in [1.82, 2.24) is 10.2 Å². The molecule has 1 atom stereocenters. The molecule has 0 aliphatic rings. The summed E-state index contributed by atoms with van der Waals surface area (Å²) in [5.74, 6) is 0. The van der Waals surface area contributed by atoms with Crippen LogP contribution in [-0.4, -0.2) is 44.8 Å². The molecule has 3 N–H and O–H groups in total. The molecule has 0 aliphatic heterocycles. The molecule has 1 aromatic carbocycles. The summed E-state index contributed by atoms with van der Waals surface area (Å²) in [5, 5.41) is 2.49. The van der Waals surface area contributed by atoms with Gasteiger partial charge >= 0.3 is 6.18 Å². The number of hydrogen-bond donors (Lipinski definition) is 2. The third-order valence-electron chi connectivity index (χ3n) is 4.48. The molecule has 3 nitrogen and oxygen atoms in total. The van der Waals surface area contributed by atoms with Crippen LogP contribution < -0.4 is 11.1 Å². The predicted octanol–water partition coefficient (Wildman–Crippen LogP) is 3.50. The SMILES string of the molecule is CN(C)C(CCCCN)(CCCNCC(F)(F)F)c1ccccc1. The Bertz CT molecular complexity index is 449. The molecule has 0 spiro atoms. The molecule has 0 radical (unpaired) electrons. The Morgan fingerprint density at radius 3 is 2.17 bits per heavy atom. The molecular formula is C18H30F3N3. The van der Waals surface area contributed by atoms with Gasteiger partial charge in [0.1, 0.15) is 0 Å². The highest BCUT2D eigenvalue weighted by atomic mass is 19.4. The topological polar surface area (TPSA) is 41.3 Å². The first kappa shape index (κ1) is 20.9. The number of nitrogens with zero attached hydrogens (tertiary/aromatic N) is 1. The van der Waals surface area contributed by atoms with Crippen molar-refractivity contribution in [1.29, 1.82) is 0 Å². The van der Waals surface area contributed by atoms with E-state index in [2.05, 4.69) is 22.3 Å². The van der Waals surface area contributed by atoms with E-state index in [4.69, 9.17) is 5.73 Å². The van der Waals surface area contributed by atoms with Crippen LogP contribution in [0.4, 0.5) is 13.2 Å². The Hall–Kier alpha value is -1.11. The molecule has 0 saturated heterocycles. The number of benzene rings is 1. The molecule has 24 heavy (non-hydrogen) atoms. The van der Waals surface area contributed by atoms with E-state index in [1.807, 2.05) is 32.3 Å². The van der Waals surface area contributed by atoms with Gasteiger partial charge in [-0.05, 0) is 58.4 Å². The summed E-state index contributed by atoms with van der Waals surface area (Å²) in [6.45, 7) is 0.0880. The van der Waals surface area contributed by atoms with Crippen molar-refractivity contribution in [2.75, 3.05) is 33.7 Å². The van der Waals surface area contributed by atoms with Crippen molar-refractivity contribution in [2.24, 2.45) is 5.73 Å². The number of unbranched alkanes of at least 4 members (excludes halogenated alkanes) is 1. The average molecular weight is 345 g/mol. The summed E-state index contributed by atoms with van der Waals surface area (Å²) in [4.78, 5) is 2.20. The monoisotopic (exact) mass is 345 g/mol. The first-order chi connectivity index (χ1) is 11.3. The molecule has 1 unspecified atom stereocenters. The molecule has 1 aromatic rings. The van der Waals surface area contributed by atoms with Gasteiger partial charge in [-0.2, -0.15) is 13.2 Å². The van der Waals surface area contributed by atoms with Crippen molar-refractivity contribution in [3.05, 3.63) is 35.9 Å². The summed E-state index contributed by atoms with van der Waals surface area (Å²) in [6.07, 6.45) is 0.235. The standard InChI is InChI=1S/C18H30F3N3/c1-24(2)17(11-6-7-13-22,16-9-4-3-5-10-16)12-8-14-23-15-18(19,20)21/h3-5,9-10,23H,6-8,11-15,22H2,1-2H3. The van der Waals surface area contributed by atoms with Gasteiger partial charge in [0.15, 0.2) is 0 Å². The van der Waals surface area contributed by atoms with Crippen LogP contribution in [0, 0.1) is 0 Å². The van der Waals surface area contributed by atoms with Crippen molar-refractivity contribution < 1.29 is 13.2 Å². The van der Waals surface area contributed by atoms with Gasteiger partial charge in [0.25, 0.3) is 0 Å². The minimum Gasteiger partial charge on any atom is -0.330 e. The summed E-state index contributed by atoms with van der Waals surface area (Å²) >= 11 is 0. The van der Waals surface area contributed by atoms with Crippen molar-refractivity contribution in [2.45, 2.75) is 43.8 Å². The number of nitrogens with one attached hydrogen (secondary N) is 1. The van der Waals surface area contributed by atoms with E-state index in [0.29, 0.717) is 19.5 Å². The van der Waals surface area contributed by atoms with Gasteiger partial charge < -0.3 is 11.1 Å². The molecule has 0 aliphatic carbocycles. The zero-order valence-electron chi connectivity index (χ0n) is 14.7. The Balaban J connectivity index is 2.76. The van der Waals surface area contributed by atoms with Gasteiger partial charge in [-0.3, -0.25) is 4.90 Å². The highest BCUT2D eigenvalue weighted by Crippen LogP contribution is 2.36. The Morgan fingerprint density at radius 1 is 1.00 bits per heavy atom. The molecular weight excluding hydrogens is 315 g/mol. The highest BCUT2D eigenvalue weighted by molar-refractivity contribution is 5.24. The van der Waals surface area contributed by atoms with Crippen LogP contribution in [0.1, 0.15) is 37.7 Å². The van der Waals surface area contributed by atoms with E-state index >= 15 is 0 Å². The molecule has 138 valence electrons. The van der Waals surface area contributed by atoms with Crippen LogP contribution in [0.15, 0.2) is 30.3 Å². The average Bonchev–Trinajstić information content (AvgIpc) is 2.52. The number of hydrogen-bond acceptors (Lipinski definition) is 3. The normalized spacial score (nSPS) is 14.8. The lowest BCUT2D eigenvalue weighted by Crippen LogP contribution is -2.42. The molecule has 0 amide bonds. The molecule has 0 bridgehead atoms. The summed E-state index contributed by atoms with van der Waals surface area (Å²) in [6, 6.07) is 10.2. The van der Waals surface area contributed by atoms with E-state index in [9.17, 15) is 13.2 Å². The number of alkyl halides is 3. The van der Waals surface area contributed by atoms with E-state index in [-0.39, 0.29) is 5.54 Å². The maximum Gasteiger partial charge on any atom is 0.401 e. The Labute approximate surface area is 143 Å². The first-order valence-corrected chi connectivity index (χ1v) is 8.52. The largest absolute Gasteiger partial charge is 0.401 e. The van der Waals surface area contributed by atoms with Gasteiger partial charge in [0, 0.05) is 5.54 Å². The van der Waals surface area contributed by atoms with E-state index in [0.717, 1.165) is 25.7 Å². The molecule has 0 aromatic heterocycles. The van der Waals surface area contributed by atoms with Gasteiger partial charge in [0.05, 0.1) is 6.54 Å². The lowest BCUT2D eigenvalue weighted by molar-refractivity contribution is -0.124. The third-order valence-corrected chi connectivity index (χ3v) is 4.48. The second-order valence-corrected chi connectivity index (χ2v) is 6.43. The fourth-order valence-electron chi connectivity index (χ4n) is 3.17. The molecule has 0 heterocycles. The maximum atomic E-state index is 12.2. The molecule has 1 rings (SSSR count). The van der Waals surface area contributed by atoms with Gasteiger partial charge in [-0.15, -0.1) is 0 Å². The lowest BCUT2D eigenvalue weighted by atomic mass is 9.80. The quantitative estimate of drug-likeness (QED) is 0.603. The Morgan fingerprint density at radius 2 is 1.62 bits per heavy atom. The fraction of sp³-hybridized carbons (Fsp3) is 0.667. The van der Waals surface area contributed by atoms with Crippen LogP contribution in [0.25, 0.3) is 0 Å². The summed E-state index contributed by atoms with van der Waals surface area (Å²) in [5.41, 5.74) is 6.66. The molecule has 0 fully saturated rings. The highest BCUT2D eigenvalue weighted by Gasteiger charge is 2.33. The zero-order valence-corrected chi connectivity index (χ0v) is 14.7. The third kappa shape index (κ3) is 6.79. The smallest absolute Gasteiger partial charge is 0.330 e. The van der Waals surface area contributed by atoms with Crippen molar-refractivity contribution in [3.8, 4) is 0 Å². The maximum absolute atomic E-state index is 12.2. The predicted molar refractivity (Wildman–Crippen MR) is 92.9 cm³/mol. The van der Waals surface area contributed by atoms with E-state index in [1.54, 1.807) is 0 Å². The molecule has 6 heteroatoms.